The SMILES string of the molecule is COC(=O)[C@H](CN/N=C(\N=N)c1cccc([C@@H]2COc3cccnc3O2)c1)NC(=O)OC(C)(C)C. The molecule has 186 valence electrons. The summed E-state index contributed by atoms with van der Waals surface area (Å²) in [6, 6.07) is 9.62. The third-order valence-corrected chi connectivity index (χ3v) is 4.66. The summed E-state index contributed by atoms with van der Waals surface area (Å²) in [5.41, 5.74) is 10.8. The van der Waals surface area contributed by atoms with Gasteiger partial charge in [-0.05, 0) is 44.5 Å². The van der Waals surface area contributed by atoms with Gasteiger partial charge in [0.1, 0.15) is 18.2 Å². The van der Waals surface area contributed by atoms with Gasteiger partial charge in [0.25, 0.3) is 5.88 Å². The Bertz CT molecular complexity index is 1100. The zero-order valence-corrected chi connectivity index (χ0v) is 19.9. The van der Waals surface area contributed by atoms with Crippen molar-refractivity contribution in [1.29, 1.82) is 5.53 Å². The maximum atomic E-state index is 12.1. The lowest BCUT2D eigenvalue weighted by Crippen LogP contribution is -2.48. The quantitative estimate of drug-likeness (QED) is 0.178. The molecule has 0 radical (unpaired) electrons. The molecule has 2 atom stereocenters. The Morgan fingerprint density at radius 1 is 1.29 bits per heavy atom. The van der Waals surface area contributed by atoms with Gasteiger partial charge in [-0.25, -0.2) is 20.1 Å². The number of hydrazone groups is 1. The fourth-order valence-corrected chi connectivity index (χ4v) is 3.10. The molecule has 0 saturated heterocycles. The van der Waals surface area contributed by atoms with E-state index < -0.39 is 29.8 Å². The fourth-order valence-electron chi connectivity index (χ4n) is 3.10. The molecule has 3 rings (SSSR count). The summed E-state index contributed by atoms with van der Waals surface area (Å²) in [7, 11) is 1.20. The molecule has 12 nitrogen and oxygen atoms in total. The van der Waals surface area contributed by atoms with Crippen molar-refractivity contribution in [3.63, 3.8) is 0 Å². The molecule has 1 amide bonds. The van der Waals surface area contributed by atoms with Crippen LogP contribution in [-0.4, -0.2) is 54.8 Å². The number of hydrogen-bond donors (Lipinski definition) is 3. The van der Waals surface area contributed by atoms with Crippen LogP contribution in [0.3, 0.4) is 0 Å². The first-order valence-electron chi connectivity index (χ1n) is 10.8. The molecule has 35 heavy (non-hydrogen) atoms. The van der Waals surface area contributed by atoms with Gasteiger partial charge in [0.15, 0.2) is 17.7 Å². The molecule has 3 N–H and O–H groups in total. The lowest BCUT2D eigenvalue weighted by Gasteiger charge is -2.25. The second-order valence-corrected chi connectivity index (χ2v) is 8.48. The maximum absolute atomic E-state index is 12.1. The number of fused-ring (bicyclic) bond motifs is 1. The van der Waals surface area contributed by atoms with Crippen LogP contribution in [0.1, 0.15) is 38.0 Å². The van der Waals surface area contributed by atoms with E-state index in [1.165, 1.54) is 7.11 Å². The molecule has 12 heteroatoms. The highest BCUT2D eigenvalue weighted by molar-refractivity contribution is 5.99. The molecule has 0 bridgehead atoms. The topological polar surface area (TPSA) is 157 Å². The highest BCUT2D eigenvalue weighted by atomic mass is 16.6. The second-order valence-electron chi connectivity index (χ2n) is 8.48. The number of esters is 1. The number of pyridine rings is 1. The van der Waals surface area contributed by atoms with Gasteiger partial charge in [-0.15, -0.1) is 5.11 Å². The Kier molecular flexibility index (Phi) is 8.18. The van der Waals surface area contributed by atoms with E-state index in [9.17, 15) is 9.59 Å². The lowest BCUT2D eigenvalue weighted by atomic mass is 10.1. The number of benzene rings is 1. The number of carbonyl (C=O) groups excluding carboxylic acids is 2. The van der Waals surface area contributed by atoms with Crippen molar-refractivity contribution in [1.82, 2.24) is 15.7 Å². The predicted molar refractivity (Wildman–Crippen MR) is 124 cm³/mol. The van der Waals surface area contributed by atoms with Gasteiger partial charge in [-0.1, -0.05) is 18.2 Å². The van der Waals surface area contributed by atoms with Crippen LogP contribution in [0.2, 0.25) is 0 Å². The minimum Gasteiger partial charge on any atom is -0.484 e. The molecule has 1 aliphatic rings. The third kappa shape index (κ3) is 7.13. The Labute approximate surface area is 202 Å². The molecular formula is C23H28N6O6. The largest absolute Gasteiger partial charge is 0.484 e. The van der Waals surface area contributed by atoms with Crippen molar-refractivity contribution in [3.05, 3.63) is 53.7 Å². The number of nitrogens with one attached hydrogen (secondary N) is 3. The van der Waals surface area contributed by atoms with E-state index in [0.717, 1.165) is 5.56 Å². The number of aromatic nitrogens is 1. The third-order valence-electron chi connectivity index (χ3n) is 4.66. The molecule has 1 aliphatic heterocycles. The van der Waals surface area contributed by atoms with Crippen LogP contribution >= 0.6 is 0 Å². The molecule has 2 aromatic rings. The van der Waals surface area contributed by atoms with Crippen molar-refractivity contribution in [3.8, 4) is 11.6 Å². The zero-order valence-electron chi connectivity index (χ0n) is 19.9. The van der Waals surface area contributed by atoms with Crippen LogP contribution in [0.25, 0.3) is 0 Å². The zero-order chi connectivity index (χ0) is 25.4. The number of amidine groups is 1. The van der Waals surface area contributed by atoms with Crippen molar-refractivity contribution in [2.75, 3.05) is 20.3 Å². The number of nitrogens with zero attached hydrogens (tertiary/aromatic N) is 3. The summed E-state index contributed by atoms with van der Waals surface area (Å²) < 4.78 is 21.6. The molecule has 0 aliphatic carbocycles. The molecular weight excluding hydrogens is 456 g/mol. The van der Waals surface area contributed by atoms with Crippen molar-refractivity contribution in [2.24, 2.45) is 10.2 Å². The van der Waals surface area contributed by atoms with Crippen molar-refractivity contribution in [2.45, 2.75) is 38.5 Å². The van der Waals surface area contributed by atoms with E-state index >= 15 is 0 Å². The first kappa shape index (κ1) is 25.4. The van der Waals surface area contributed by atoms with Crippen LogP contribution < -0.4 is 20.2 Å². The van der Waals surface area contributed by atoms with Gasteiger partial charge in [-0.2, -0.15) is 5.10 Å². The van der Waals surface area contributed by atoms with Crippen LogP contribution in [0.4, 0.5) is 4.79 Å². The number of amides is 1. The van der Waals surface area contributed by atoms with E-state index in [1.807, 2.05) is 6.07 Å². The second kappa shape index (κ2) is 11.3. The van der Waals surface area contributed by atoms with Crippen LogP contribution in [0, 0.1) is 5.53 Å². The molecule has 0 fully saturated rings. The van der Waals surface area contributed by atoms with E-state index in [1.54, 1.807) is 57.3 Å². The molecule has 2 heterocycles. The van der Waals surface area contributed by atoms with E-state index in [0.29, 0.717) is 23.8 Å². The normalized spacial score (nSPS) is 16.0. The molecule has 0 saturated carbocycles. The first-order valence-corrected chi connectivity index (χ1v) is 10.8. The number of methoxy groups -OCH3 is 1. The van der Waals surface area contributed by atoms with E-state index in [4.69, 9.17) is 24.5 Å². The van der Waals surface area contributed by atoms with Crippen molar-refractivity contribution < 1.29 is 28.5 Å². The van der Waals surface area contributed by atoms with Gasteiger partial charge in [-0.3, -0.25) is 0 Å². The summed E-state index contributed by atoms with van der Waals surface area (Å²) in [6.07, 6.45) is 0.442. The summed E-state index contributed by atoms with van der Waals surface area (Å²) in [5.74, 6) is 0.352. The Balaban J connectivity index is 1.68. The average Bonchev–Trinajstić information content (AvgIpc) is 2.84. The Morgan fingerprint density at radius 2 is 2.09 bits per heavy atom. The van der Waals surface area contributed by atoms with Gasteiger partial charge >= 0.3 is 12.1 Å². The fraction of sp³-hybridized carbons (Fsp3) is 0.391. The standard InChI is InChI=1S/C23H28N6O6/c1-23(2,3)35-22(31)27-16(21(30)32-4)12-26-29-19(28-24)15-8-5-7-14(11-15)18-13-33-17-9-6-10-25-20(17)34-18/h5-11,16,18,24,26H,12-13H2,1-4H3,(H,27,31)/b28-24?,29-19-/t16-,18-/m0/s1. The van der Waals surface area contributed by atoms with Gasteiger partial charge in [0.05, 0.1) is 13.7 Å². The number of alkyl carbamates (subject to hydrolysis) is 1. The number of hydrogen-bond acceptors (Lipinski definition) is 10. The summed E-state index contributed by atoms with van der Waals surface area (Å²) in [5, 5.41) is 10.0. The van der Waals surface area contributed by atoms with Gasteiger partial charge < -0.3 is 29.7 Å². The number of rotatable bonds is 7. The summed E-state index contributed by atoms with van der Waals surface area (Å²) >= 11 is 0. The molecule has 1 aromatic heterocycles. The lowest BCUT2D eigenvalue weighted by molar-refractivity contribution is -0.143. The Morgan fingerprint density at radius 3 is 2.80 bits per heavy atom. The highest BCUT2D eigenvalue weighted by Gasteiger charge is 2.26. The number of carbonyl (C=O) groups is 2. The van der Waals surface area contributed by atoms with Crippen LogP contribution in [-0.2, 0) is 14.3 Å². The van der Waals surface area contributed by atoms with Gasteiger partial charge in [0.2, 0.25) is 0 Å². The summed E-state index contributed by atoms with van der Waals surface area (Å²) in [6.45, 7) is 5.29. The van der Waals surface area contributed by atoms with Crippen LogP contribution in [0.15, 0.2) is 52.8 Å². The van der Waals surface area contributed by atoms with E-state index in [2.05, 4.69) is 25.9 Å². The monoisotopic (exact) mass is 484 g/mol. The maximum Gasteiger partial charge on any atom is 0.408 e. The smallest absolute Gasteiger partial charge is 0.408 e. The van der Waals surface area contributed by atoms with Gasteiger partial charge in [0, 0.05) is 11.8 Å². The van der Waals surface area contributed by atoms with Crippen molar-refractivity contribution >= 4 is 17.9 Å². The molecule has 0 spiro atoms. The molecule has 1 aromatic carbocycles. The molecule has 0 unspecified atom stereocenters. The first-order chi connectivity index (χ1) is 16.7. The Hall–Kier alpha value is -4.22. The highest BCUT2D eigenvalue weighted by Crippen LogP contribution is 2.34. The summed E-state index contributed by atoms with van der Waals surface area (Å²) in [4.78, 5) is 28.3. The predicted octanol–water partition coefficient (Wildman–Crippen LogP) is 2.94. The minimum atomic E-state index is -1.07. The number of ether oxygens (including phenoxy) is 4. The average molecular weight is 485 g/mol. The van der Waals surface area contributed by atoms with Crippen LogP contribution in [0.5, 0.6) is 11.6 Å². The minimum absolute atomic E-state index is 0.0583. The van der Waals surface area contributed by atoms with E-state index in [-0.39, 0.29) is 12.4 Å².